The summed E-state index contributed by atoms with van der Waals surface area (Å²) >= 11 is 0. The Labute approximate surface area is 139 Å². The van der Waals surface area contributed by atoms with Crippen LogP contribution >= 0.6 is 0 Å². The lowest BCUT2D eigenvalue weighted by Crippen LogP contribution is -2.36. The largest absolute Gasteiger partial charge is 0.493 e. The fourth-order valence-electron chi connectivity index (χ4n) is 2.83. The van der Waals surface area contributed by atoms with Gasteiger partial charge >= 0.3 is 0 Å². The Morgan fingerprint density at radius 2 is 2.29 bits per heavy atom. The van der Waals surface area contributed by atoms with E-state index in [9.17, 15) is 9.59 Å². The van der Waals surface area contributed by atoms with Gasteiger partial charge in [0, 0.05) is 30.4 Å². The van der Waals surface area contributed by atoms with Gasteiger partial charge in [-0.1, -0.05) is 12.1 Å². The molecule has 0 saturated carbocycles. The van der Waals surface area contributed by atoms with Gasteiger partial charge in [-0.05, 0) is 25.0 Å². The first-order valence-corrected chi connectivity index (χ1v) is 7.84. The smallest absolute Gasteiger partial charge is 0.256 e. The topological polar surface area (TPSA) is 80.4 Å². The van der Waals surface area contributed by atoms with E-state index in [1.165, 1.54) is 12.3 Å². The van der Waals surface area contributed by atoms with Crippen LogP contribution in [0.1, 0.15) is 21.6 Å². The van der Waals surface area contributed by atoms with Crippen molar-refractivity contribution in [2.75, 3.05) is 20.3 Å². The molecule has 24 heavy (non-hydrogen) atoms. The molecule has 6 heteroatoms. The van der Waals surface area contributed by atoms with Crippen LogP contribution in [0, 0.1) is 12.8 Å². The molecule has 1 aromatic carbocycles. The summed E-state index contributed by atoms with van der Waals surface area (Å²) < 4.78 is 11.1. The number of ether oxygens (including phenoxy) is 2. The predicted molar refractivity (Wildman–Crippen MR) is 89.8 cm³/mol. The minimum atomic E-state index is -0.368. The molecule has 2 aromatic rings. The van der Waals surface area contributed by atoms with Crippen molar-refractivity contribution in [3.8, 4) is 11.5 Å². The third-order valence-corrected chi connectivity index (χ3v) is 4.11. The zero-order valence-corrected chi connectivity index (χ0v) is 13.7. The molecule has 0 aliphatic carbocycles. The molecule has 1 aliphatic rings. The van der Waals surface area contributed by atoms with Crippen molar-refractivity contribution in [2.24, 2.45) is 5.92 Å². The maximum atomic E-state index is 12.2. The standard InChI is InChI=1S/C18H20N2O4/c1-11-6-15(21)14(9-19-11)18(22)20-8-12-7-13-4-3-5-16(23-2)17(13)24-10-12/h3-6,9,12H,7-8,10H2,1-2H3,(H,19,21)(H,20,22)/t12-/m0/s1. The third kappa shape index (κ3) is 3.27. The number of methoxy groups -OCH3 is 1. The van der Waals surface area contributed by atoms with Gasteiger partial charge in [0.1, 0.15) is 5.56 Å². The number of para-hydroxylation sites is 1. The third-order valence-electron chi connectivity index (χ3n) is 4.11. The van der Waals surface area contributed by atoms with Crippen LogP contribution in [-0.4, -0.2) is 31.2 Å². The highest BCUT2D eigenvalue weighted by Gasteiger charge is 2.23. The lowest BCUT2D eigenvalue weighted by Gasteiger charge is -2.26. The molecule has 1 aromatic heterocycles. The number of aromatic nitrogens is 1. The van der Waals surface area contributed by atoms with Crippen LogP contribution in [-0.2, 0) is 6.42 Å². The van der Waals surface area contributed by atoms with Crippen molar-refractivity contribution in [1.82, 2.24) is 10.3 Å². The monoisotopic (exact) mass is 328 g/mol. The molecule has 1 atom stereocenters. The fraction of sp³-hybridized carbons (Fsp3) is 0.333. The van der Waals surface area contributed by atoms with Crippen LogP contribution in [0.2, 0.25) is 0 Å². The molecule has 3 rings (SSSR count). The molecule has 0 unspecified atom stereocenters. The van der Waals surface area contributed by atoms with Gasteiger partial charge in [-0.2, -0.15) is 0 Å². The molecule has 2 N–H and O–H groups in total. The number of hydrogen-bond acceptors (Lipinski definition) is 4. The van der Waals surface area contributed by atoms with Gasteiger partial charge < -0.3 is 19.8 Å². The predicted octanol–water partition coefficient (Wildman–Crippen LogP) is 1.67. The van der Waals surface area contributed by atoms with E-state index in [0.29, 0.717) is 13.2 Å². The van der Waals surface area contributed by atoms with Crippen molar-refractivity contribution < 1.29 is 14.3 Å². The number of nitrogens with one attached hydrogen (secondary N) is 2. The Kier molecular flexibility index (Phi) is 4.55. The molecule has 0 spiro atoms. The van der Waals surface area contributed by atoms with E-state index < -0.39 is 0 Å². The van der Waals surface area contributed by atoms with Gasteiger partial charge in [0.25, 0.3) is 5.91 Å². The Morgan fingerprint density at radius 3 is 3.04 bits per heavy atom. The number of aromatic amines is 1. The molecule has 0 fully saturated rings. The summed E-state index contributed by atoms with van der Waals surface area (Å²) in [7, 11) is 1.62. The maximum absolute atomic E-state index is 12.2. The van der Waals surface area contributed by atoms with Gasteiger partial charge in [-0.3, -0.25) is 9.59 Å². The number of aryl methyl sites for hydroxylation is 1. The van der Waals surface area contributed by atoms with Crippen molar-refractivity contribution >= 4 is 5.91 Å². The summed E-state index contributed by atoms with van der Waals surface area (Å²) in [5.74, 6) is 1.28. The number of pyridine rings is 1. The number of H-pyrrole nitrogens is 1. The highest BCUT2D eigenvalue weighted by atomic mass is 16.5. The number of rotatable bonds is 4. The van der Waals surface area contributed by atoms with E-state index in [2.05, 4.69) is 10.3 Å². The molecule has 1 aliphatic heterocycles. The number of amides is 1. The van der Waals surface area contributed by atoms with Gasteiger partial charge in [-0.15, -0.1) is 0 Å². The minimum Gasteiger partial charge on any atom is -0.493 e. The lowest BCUT2D eigenvalue weighted by molar-refractivity contribution is 0.0937. The highest BCUT2D eigenvalue weighted by Crippen LogP contribution is 2.35. The summed E-state index contributed by atoms with van der Waals surface area (Å²) in [5, 5.41) is 2.82. The molecular formula is C18H20N2O4. The molecular weight excluding hydrogens is 308 g/mol. The first-order chi connectivity index (χ1) is 11.6. The SMILES string of the molecule is COc1cccc2c1OC[C@H](CNC(=O)c1c[nH]c(C)cc1=O)C2. The molecule has 0 saturated heterocycles. The van der Waals surface area contributed by atoms with Crippen LogP contribution in [0.15, 0.2) is 35.3 Å². The van der Waals surface area contributed by atoms with E-state index in [4.69, 9.17) is 9.47 Å². The quantitative estimate of drug-likeness (QED) is 0.895. The van der Waals surface area contributed by atoms with E-state index in [1.807, 2.05) is 18.2 Å². The zero-order valence-electron chi connectivity index (χ0n) is 13.7. The number of carbonyl (C=O) groups is 1. The van der Waals surface area contributed by atoms with E-state index in [1.54, 1.807) is 14.0 Å². The fourth-order valence-corrected chi connectivity index (χ4v) is 2.83. The normalized spacial score (nSPS) is 16.0. The summed E-state index contributed by atoms with van der Waals surface area (Å²) in [6.45, 7) is 2.72. The van der Waals surface area contributed by atoms with Crippen LogP contribution < -0.4 is 20.2 Å². The second-order valence-electron chi connectivity index (χ2n) is 5.93. The average Bonchev–Trinajstić information content (AvgIpc) is 2.58. The first-order valence-electron chi connectivity index (χ1n) is 7.84. The Balaban J connectivity index is 1.63. The molecule has 0 bridgehead atoms. The number of fused-ring (bicyclic) bond motifs is 1. The second-order valence-corrected chi connectivity index (χ2v) is 5.93. The maximum Gasteiger partial charge on any atom is 0.256 e. The number of carbonyl (C=O) groups excluding carboxylic acids is 1. The highest BCUT2D eigenvalue weighted by molar-refractivity contribution is 5.93. The van der Waals surface area contributed by atoms with Crippen LogP contribution in [0.3, 0.4) is 0 Å². The van der Waals surface area contributed by atoms with Gasteiger partial charge in [0.2, 0.25) is 0 Å². The average molecular weight is 328 g/mol. The zero-order chi connectivity index (χ0) is 17.1. The van der Waals surface area contributed by atoms with E-state index >= 15 is 0 Å². The summed E-state index contributed by atoms with van der Waals surface area (Å²) in [5.41, 5.74) is 1.63. The lowest BCUT2D eigenvalue weighted by atomic mass is 9.96. The number of hydrogen-bond donors (Lipinski definition) is 2. The molecule has 1 amide bonds. The molecule has 6 nitrogen and oxygen atoms in total. The molecule has 126 valence electrons. The minimum absolute atomic E-state index is 0.124. The summed E-state index contributed by atoms with van der Waals surface area (Å²) in [6, 6.07) is 7.20. The molecule has 0 radical (unpaired) electrons. The van der Waals surface area contributed by atoms with Crippen molar-refractivity contribution in [3.63, 3.8) is 0 Å². The Morgan fingerprint density at radius 1 is 1.46 bits per heavy atom. The van der Waals surface area contributed by atoms with Gasteiger partial charge in [0.05, 0.1) is 13.7 Å². The van der Waals surface area contributed by atoms with Gasteiger partial charge in [-0.25, -0.2) is 0 Å². The van der Waals surface area contributed by atoms with Crippen molar-refractivity contribution in [1.29, 1.82) is 0 Å². The van der Waals surface area contributed by atoms with E-state index in [-0.39, 0.29) is 22.8 Å². The first kappa shape index (κ1) is 16.1. The van der Waals surface area contributed by atoms with Crippen LogP contribution in [0.5, 0.6) is 11.5 Å². The Bertz CT molecular complexity index is 813. The van der Waals surface area contributed by atoms with Crippen molar-refractivity contribution in [3.05, 3.63) is 57.5 Å². The summed E-state index contributed by atoms with van der Waals surface area (Å²) in [4.78, 5) is 26.9. The summed E-state index contributed by atoms with van der Waals surface area (Å²) in [6.07, 6.45) is 2.24. The van der Waals surface area contributed by atoms with Crippen molar-refractivity contribution in [2.45, 2.75) is 13.3 Å². The van der Waals surface area contributed by atoms with Crippen LogP contribution in [0.4, 0.5) is 0 Å². The Hall–Kier alpha value is -2.76. The number of benzene rings is 1. The van der Waals surface area contributed by atoms with E-state index in [0.717, 1.165) is 29.2 Å². The van der Waals surface area contributed by atoms with Gasteiger partial charge in [0.15, 0.2) is 16.9 Å². The second kappa shape index (κ2) is 6.78. The molecule has 2 heterocycles. The van der Waals surface area contributed by atoms with Crippen LogP contribution in [0.25, 0.3) is 0 Å².